The number of halogens is 1. The molecule has 86 valence electrons. The maximum Gasteiger partial charge on any atom is 0.0768 e. The van der Waals surface area contributed by atoms with Crippen LogP contribution in [0, 0.1) is 12.3 Å². The van der Waals surface area contributed by atoms with E-state index in [2.05, 4.69) is 17.7 Å². The van der Waals surface area contributed by atoms with Crippen LogP contribution in [0.2, 0.25) is 5.02 Å². The molecule has 0 amide bonds. The minimum atomic E-state index is -0.242. The number of benzene rings is 1. The highest BCUT2D eigenvalue weighted by molar-refractivity contribution is 6.31. The molecule has 0 spiro atoms. The predicted octanol–water partition coefficient (Wildman–Crippen LogP) is 3.57. The van der Waals surface area contributed by atoms with Crippen molar-refractivity contribution in [2.24, 2.45) is 0 Å². The summed E-state index contributed by atoms with van der Waals surface area (Å²) in [5.41, 5.74) is 0.878. The number of nitrogens with zero attached hydrogens (tertiary/aromatic N) is 1. The molecule has 1 aromatic carbocycles. The highest BCUT2D eigenvalue weighted by atomic mass is 35.5. The first-order chi connectivity index (χ1) is 7.51. The summed E-state index contributed by atoms with van der Waals surface area (Å²) in [6, 6.07) is 7.89. The van der Waals surface area contributed by atoms with Crippen LogP contribution in [0.4, 0.5) is 0 Å². The van der Waals surface area contributed by atoms with E-state index in [9.17, 15) is 0 Å². The molecule has 16 heavy (non-hydrogen) atoms. The zero-order valence-electron chi connectivity index (χ0n) is 10.1. The summed E-state index contributed by atoms with van der Waals surface area (Å²) in [7, 11) is 0. The van der Waals surface area contributed by atoms with Gasteiger partial charge < -0.3 is 0 Å². The van der Waals surface area contributed by atoms with Gasteiger partial charge in [-0.1, -0.05) is 42.6 Å². The number of hydrogen-bond acceptors (Lipinski definition) is 1. The van der Waals surface area contributed by atoms with E-state index < -0.39 is 0 Å². The Morgan fingerprint density at radius 2 is 2.00 bits per heavy atom. The molecule has 0 aliphatic heterocycles. The van der Waals surface area contributed by atoms with Crippen molar-refractivity contribution in [3.63, 3.8) is 0 Å². The zero-order valence-corrected chi connectivity index (χ0v) is 10.9. The van der Waals surface area contributed by atoms with Crippen molar-refractivity contribution in [1.82, 2.24) is 4.90 Å². The van der Waals surface area contributed by atoms with Crippen molar-refractivity contribution < 1.29 is 0 Å². The summed E-state index contributed by atoms with van der Waals surface area (Å²) in [4.78, 5) is 2.23. The summed E-state index contributed by atoms with van der Waals surface area (Å²) >= 11 is 6.14. The molecule has 1 nitrogen and oxygen atoms in total. The molecule has 0 N–H and O–H groups in total. The molecular weight excluding hydrogens is 218 g/mol. The van der Waals surface area contributed by atoms with Crippen LogP contribution in [0.15, 0.2) is 24.3 Å². The third-order valence-corrected chi connectivity index (χ3v) is 3.21. The van der Waals surface area contributed by atoms with Gasteiger partial charge >= 0.3 is 0 Å². The van der Waals surface area contributed by atoms with Gasteiger partial charge in [-0.15, -0.1) is 6.42 Å². The second kappa shape index (κ2) is 5.39. The average molecular weight is 236 g/mol. The smallest absolute Gasteiger partial charge is 0.0768 e. The van der Waals surface area contributed by atoms with Crippen molar-refractivity contribution in [2.75, 3.05) is 6.54 Å². The van der Waals surface area contributed by atoms with Gasteiger partial charge in [0, 0.05) is 11.6 Å². The molecule has 0 aliphatic carbocycles. The molecule has 1 aromatic rings. The molecule has 0 aromatic heterocycles. The van der Waals surface area contributed by atoms with Crippen LogP contribution in [0.3, 0.4) is 0 Å². The molecular formula is C14H18ClN. The van der Waals surface area contributed by atoms with E-state index in [1.807, 2.05) is 38.1 Å². The monoisotopic (exact) mass is 235 g/mol. The van der Waals surface area contributed by atoms with Gasteiger partial charge in [0.05, 0.1) is 5.54 Å². The van der Waals surface area contributed by atoms with Crippen molar-refractivity contribution in [2.45, 2.75) is 32.9 Å². The zero-order chi connectivity index (χ0) is 12.2. The maximum atomic E-state index is 6.14. The van der Waals surface area contributed by atoms with Gasteiger partial charge in [0.1, 0.15) is 0 Å². The number of terminal acetylenes is 1. The molecule has 0 fully saturated rings. The predicted molar refractivity (Wildman–Crippen MR) is 70.4 cm³/mol. The Morgan fingerprint density at radius 3 is 2.50 bits per heavy atom. The van der Waals surface area contributed by atoms with Crippen molar-refractivity contribution >= 4 is 11.6 Å². The van der Waals surface area contributed by atoms with Crippen LogP contribution in [0.1, 0.15) is 26.3 Å². The van der Waals surface area contributed by atoms with Gasteiger partial charge in [-0.25, -0.2) is 0 Å². The fraction of sp³-hybridized carbons (Fsp3) is 0.429. The minimum absolute atomic E-state index is 0.242. The lowest BCUT2D eigenvalue weighted by atomic mass is 10.0. The van der Waals surface area contributed by atoms with Crippen LogP contribution >= 0.6 is 11.6 Å². The second-order valence-corrected chi connectivity index (χ2v) is 4.72. The van der Waals surface area contributed by atoms with E-state index in [1.165, 1.54) is 0 Å². The van der Waals surface area contributed by atoms with Crippen LogP contribution in [-0.2, 0) is 6.54 Å². The molecule has 1 rings (SSSR count). The first-order valence-electron chi connectivity index (χ1n) is 5.47. The van der Waals surface area contributed by atoms with Crippen LogP contribution < -0.4 is 0 Å². The van der Waals surface area contributed by atoms with E-state index in [4.69, 9.17) is 18.0 Å². The Bertz CT molecular complexity index is 390. The second-order valence-electron chi connectivity index (χ2n) is 4.31. The van der Waals surface area contributed by atoms with Crippen LogP contribution in [-0.4, -0.2) is 17.0 Å². The van der Waals surface area contributed by atoms with Gasteiger partial charge in [-0.2, -0.15) is 0 Å². The van der Waals surface area contributed by atoms with Crippen molar-refractivity contribution in [1.29, 1.82) is 0 Å². The molecule has 0 saturated carbocycles. The number of rotatable bonds is 4. The van der Waals surface area contributed by atoms with Gasteiger partial charge in [0.15, 0.2) is 0 Å². The molecule has 0 radical (unpaired) electrons. The summed E-state index contributed by atoms with van der Waals surface area (Å²) in [5.74, 6) is 2.81. The van der Waals surface area contributed by atoms with E-state index in [-0.39, 0.29) is 5.54 Å². The fourth-order valence-electron chi connectivity index (χ4n) is 1.63. The first-order valence-corrected chi connectivity index (χ1v) is 5.85. The summed E-state index contributed by atoms with van der Waals surface area (Å²) in [5, 5.41) is 0.800. The van der Waals surface area contributed by atoms with Crippen molar-refractivity contribution in [3.8, 4) is 12.3 Å². The van der Waals surface area contributed by atoms with E-state index in [0.29, 0.717) is 0 Å². The molecule has 0 bridgehead atoms. The minimum Gasteiger partial charge on any atom is -0.284 e. The highest BCUT2D eigenvalue weighted by Gasteiger charge is 2.23. The van der Waals surface area contributed by atoms with E-state index >= 15 is 0 Å². The molecule has 2 heteroatoms. The highest BCUT2D eigenvalue weighted by Crippen LogP contribution is 2.21. The van der Waals surface area contributed by atoms with Gasteiger partial charge in [-0.3, -0.25) is 4.90 Å². The van der Waals surface area contributed by atoms with Gasteiger partial charge in [0.25, 0.3) is 0 Å². The SMILES string of the molecule is C#CC(C)(C)N(CC)Cc1ccccc1Cl. The molecule has 0 unspecified atom stereocenters. The lowest BCUT2D eigenvalue weighted by Crippen LogP contribution is -2.42. The Balaban J connectivity index is 2.88. The molecule has 0 atom stereocenters. The molecule has 0 saturated heterocycles. The fourth-order valence-corrected chi connectivity index (χ4v) is 1.82. The third-order valence-electron chi connectivity index (χ3n) is 2.84. The molecule has 0 aliphatic rings. The standard InChI is InChI=1S/C14H18ClN/c1-5-14(3,4)16(6-2)11-12-9-7-8-10-13(12)15/h1,7-10H,6,11H2,2-4H3. The molecule has 0 heterocycles. The number of hydrogen-bond donors (Lipinski definition) is 0. The lowest BCUT2D eigenvalue weighted by molar-refractivity contribution is 0.170. The normalized spacial score (nSPS) is 11.5. The van der Waals surface area contributed by atoms with Crippen LogP contribution in [0.25, 0.3) is 0 Å². The topological polar surface area (TPSA) is 3.24 Å². The summed E-state index contributed by atoms with van der Waals surface area (Å²) < 4.78 is 0. The largest absolute Gasteiger partial charge is 0.284 e. The summed E-state index contributed by atoms with van der Waals surface area (Å²) in [6.07, 6.45) is 5.55. The van der Waals surface area contributed by atoms with Crippen molar-refractivity contribution in [3.05, 3.63) is 34.9 Å². The quantitative estimate of drug-likeness (QED) is 0.722. The average Bonchev–Trinajstić information content (AvgIpc) is 2.27. The van der Waals surface area contributed by atoms with Gasteiger partial charge in [0.2, 0.25) is 0 Å². The van der Waals surface area contributed by atoms with Crippen LogP contribution in [0.5, 0.6) is 0 Å². The lowest BCUT2D eigenvalue weighted by Gasteiger charge is -2.33. The van der Waals surface area contributed by atoms with E-state index in [1.54, 1.807) is 0 Å². The summed E-state index contributed by atoms with van der Waals surface area (Å²) in [6.45, 7) is 7.90. The Morgan fingerprint density at radius 1 is 1.38 bits per heavy atom. The van der Waals surface area contributed by atoms with Gasteiger partial charge in [-0.05, 0) is 32.0 Å². The Hall–Kier alpha value is -0.970. The first kappa shape index (κ1) is 13.1. The third kappa shape index (κ3) is 3.01. The van der Waals surface area contributed by atoms with E-state index in [0.717, 1.165) is 23.7 Å². The Kier molecular flexibility index (Phi) is 4.41. The Labute approximate surface area is 103 Å². The maximum absolute atomic E-state index is 6.14.